The lowest BCUT2D eigenvalue weighted by atomic mass is 10.2. The Morgan fingerprint density at radius 1 is 1.17 bits per heavy atom. The summed E-state index contributed by atoms with van der Waals surface area (Å²) in [5, 5.41) is 1.19. The lowest BCUT2D eigenvalue weighted by Gasteiger charge is -2.00. The van der Waals surface area contributed by atoms with Crippen molar-refractivity contribution in [2.45, 2.75) is 12.7 Å². The van der Waals surface area contributed by atoms with Crippen LogP contribution < -0.4 is 0 Å². The quantitative estimate of drug-likeness (QED) is 0.536. The number of aryl methyl sites for hydroxylation is 1. The summed E-state index contributed by atoms with van der Waals surface area (Å²) < 4.78 is 0. The average molecular weight is 198 g/mol. The van der Waals surface area contributed by atoms with Crippen molar-refractivity contribution in [1.82, 2.24) is 0 Å². The molecule has 12 heavy (non-hydrogen) atoms. The van der Waals surface area contributed by atoms with Crippen molar-refractivity contribution in [1.29, 1.82) is 0 Å². The second-order valence-electron chi connectivity index (χ2n) is 2.74. The van der Waals surface area contributed by atoms with Crippen LogP contribution in [0.3, 0.4) is 0 Å². The standard InChI is InChI=1S/C10H14S2/c1-9-3-5-10(6-4-9)7-12-8-11-2/h3-6H,7-8H2,1-2H3. The van der Waals surface area contributed by atoms with E-state index in [0.29, 0.717) is 0 Å². The molecule has 0 saturated carbocycles. The van der Waals surface area contributed by atoms with Gasteiger partial charge in [-0.15, -0.1) is 11.8 Å². The van der Waals surface area contributed by atoms with Gasteiger partial charge in [-0.2, -0.15) is 11.8 Å². The molecule has 1 aromatic rings. The van der Waals surface area contributed by atoms with E-state index in [1.165, 1.54) is 16.2 Å². The molecule has 0 fully saturated rings. The Hall–Kier alpha value is -0.0800. The van der Waals surface area contributed by atoms with Crippen molar-refractivity contribution < 1.29 is 0 Å². The summed E-state index contributed by atoms with van der Waals surface area (Å²) in [4.78, 5) is 0. The molecule has 0 aromatic heterocycles. The Kier molecular flexibility index (Phi) is 4.62. The summed E-state index contributed by atoms with van der Waals surface area (Å²) in [6.07, 6.45) is 2.14. The molecular formula is C10H14S2. The van der Waals surface area contributed by atoms with Crippen LogP contribution in [0.4, 0.5) is 0 Å². The third kappa shape index (κ3) is 3.55. The number of rotatable bonds is 4. The van der Waals surface area contributed by atoms with Gasteiger partial charge in [0.25, 0.3) is 0 Å². The van der Waals surface area contributed by atoms with E-state index in [9.17, 15) is 0 Å². The molecule has 2 heteroatoms. The van der Waals surface area contributed by atoms with E-state index in [-0.39, 0.29) is 0 Å². The van der Waals surface area contributed by atoms with Crippen LogP contribution in [0.2, 0.25) is 0 Å². The summed E-state index contributed by atoms with van der Waals surface area (Å²) in [6.45, 7) is 2.12. The van der Waals surface area contributed by atoms with Crippen LogP contribution in [0.1, 0.15) is 11.1 Å². The number of thioether (sulfide) groups is 2. The maximum atomic E-state index is 2.21. The van der Waals surface area contributed by atoms with E-state index in [2.05, 4.69) is 37.4 Å². The molecule has 0 N–H and O–H groups in total. The fourth-order valence-corrected chi connectivity index (χ4v) is 2.36. The summed E-state index contributed by atoms with van der Waals surface area (Å²) in [5.41, 5.74) is 2.77. The largest absolute Gasteiger partial charge is 0.154 e. The van der Waals surface area contributed by atoms with E-state index in [1.54, 1.807) is 0 Å². The lowest BCUT2D eigenvalue weighted by molar-refractivity contribution is 1.37. The van der Waals surface area contributed by atoms with E-state index in [0.717, 1.165) is 5.75 Å². The molecule has 0 unspecified atom stereocenters. The smallest absolute Gasteiger partial charge is 0.0392 e. The molecule has 0 aliphatic carbocycles. The number of benzene rings is 1. The maximum absolute atomic E-state index is 2.21. The van der Waals surface area contributed by atoms with Crippen LogP contribution in [0.5, 0.6) is 0 Å². The first kappa shape index (κ1) is 10.0. The topological polar surface area (TPSA) is 0 Å². The molecule has 0 amide bonds. The molecule has 0 aliphatic heterocycles. The highest BCUT2D eigenvalue weighted by Gasteiger charge is 1.91. The summed E-state index contributed by atoms with van der Waals surface area (Å²) >= 11 is 3.86. The minimum absolute atomic E-state index is 1.14. The molecule has 0 atom stereocenters. The summed E-state index contributed by atoms with van der Waals surface area (Å²) in [6, 6.07) is 8.77. The highest BCUT2D eigenvalue weighted by molar-refractivity contribution is 8.15. The molecule has 0 spiro atoms. The van der Waals surface area contributed by atoms with Crippen LogP contribution in [0.15, 0.2) is 24.3 Å². The molecule has 66 valence electrons. The minimum Gasteiger partial charge on any atom is -0.154 e. The zero-order valence-electron chi connectivity index (χ0n) is 7.54. The van der Waals surface area contributed by atoms with Gasteiger partial charge < -0.3 is 0 Å². The van der Waals surface area contributed by atoms with E-state index >= 15 is 0 Å². The van der Waals surface area contributed by atoms with Gasteiger partial charge in [0, 0.05) is 10.8 Å². The molecule has 0 saturated heterocycles. The maximum Gasteiger partial charge on any atom is 0.0392 e. The molecule has 0 radical (unpaired) electrons. The molecular weight excluding hydrogens is 184 g/mol. The van der Waals surface area contributed by atoms with Crippen molar-refractivity contribution in [3.63, 3.8) is 0 Å². The fourth-order valence-electron chi connectivity index (χ4n) is 0.927. The van der Waals surface area contributed by atoms with Crippen molar-refractivity contribution in [2.24, 2.45) is 0 Å². The van der Waals surface area contributed by atoms with Crippen LogP contribution >= 0.6 is 23.5 Å². The number of hydrogen-bond acceptors (Lipinski definition) is 2. The summed E-state index contributed by atoms with van der Waals surface area (Å²) in [7, 11) is 0. The van der Waals surface area contributed by atoms with Crippen LogP contribution in [0, 0.1) is 6.92 Å². The second kappa shape index (κ2) is 5.55. The van der Waals surface area contributed by atoms with Gasteiger partial charge in [0.1, 0.15) is 0 Å². The lowest BCUT2D eigenvalue weighted by Crippen LogP contribution is -1.80. The van der Waals surface area contributed by atoms with Gasteiger partial charge in [-0.3, -0.25) is 0 Å². The molecule has 0 bridgehead atoms. The van der Waals surface area contributed by atoms with Crippen LogP contribution in [-0.2, 0) is 5.75 Å². The molecule has 0 nitrogen and oxygen atoms in total. The monoisotopic (exact) mass is 198 g/mol. The molecule has 0 aliphatic rings. The van der Waals surface area contributed by atoms with Gasteiger partial charge in [0.2, 0.25) is 0 Å². The van der Waals surface area contributed by atoms with E-state index < -0.39 is 0 Å². The van der Waals surface area contributed by atoms with Gasteiger partial charge in [0.15, 0.2) is 0 Å². The van der Waals surface area contributed by atoms with Crippen LogP contribution in [0.25, 0.3) is 0 Å². The second-order valence-corrected chi connectivity index (χ2v) is 4.96. The molecule has 1 rings (SSSR count). The Bertz CT molecular complexity index is 216. The zero-order chi connectivity index (χ0) is 8.81. The third-order valence-corrected chi connectivity index (χ3v) is 3.74. The average Bonchev–Trinajstić information content (AvgIpc) is 2.09. The fraction of sp³-hybridized carbons (Fsp3) is 0.400. The van der Waals surface area contributed by atoms with E-state index in [4.69, 9.17) is 0 Å². The Morgan fingerprint density at radius 3 is 2.42 bits per heavy atom. The highest BCUT2D eigenvalue weighted by atomic mass is 32.2. The van der Waals surface area contributed by atoms with Gasteiger partial charge in [-0.05, 0) is 18.7 Å². The summed E-state index contributed by atoms with van der Waals surface area (Å²) in [5.74, 6) is 1.14. The van der Waals surface area contributed by atoms with Crippen LogP contribution in [-0.4, -0.2) is 11.3 Å². The van der Waals surface area contributed by atoms with Gasteiger partial charge in [-0.1, -0.05) is 29.8 Å². The Morgan fingerprint density at radius 2 is 1.83 bits per heavy atom. The third-order valence-electron chi connectivity index (χ3n) is 1.59. The Labute approximate surface area is 83.1 Å². The van der Waals surface area contributed by atoms with Gasteiger partial charge >= 0.3 is 0 Å². The van der Waals surface area contributed by atoms with Crippen molar-refractivity contribution >= 4 is 23.5 Å². The predicted octanol–water partition coefficient (Wildman–Crippen LogP) is 3.55. The molecule has 0 heterocycles. The number of hydrogen-bond donors (Lipinski definition) is 0. The molecule has 1 aromatic carbocycles. The van der Waals surface area contributed by atoms with Gasteiger partial charge in [-0.25, -0.2) is 0 Å². The predicted molar refractivity (Wildman–Crippen MR) is 60.9 cm³/mol. The van der Waals surface area contributed by atoms with Crippen molar-refractivity contribution in [2.75, 3.05) is 11.3 Å². The minimum atomic E-state index is 1.14. The zero-order valence-corrected chi connectivity index (χ0v) is 9.17. The Balaban J connectivity index is 2.37. The van der Waals surface area contributed by atoms with Gasteiger partial charge in [0.05, 0.1) is 0 Å². The van der Waals surface area contributed by atoms with Crippen molar-refractivity contribution in [3.8, 4) is 0 Å². The first-order valence-electron chi connectivity index (χ1n) is 3.95. The SMILES string of the molecule is CSCSCc1ccc(C)cc1. The normalized spacial score (nSPS) is 10.2. The van der Waals surface area contributed by atoms with E-state index in [1.807, 2.05) is 23.5 Å². The highest BCUT2D eigenvalue weighted by Crippen LogP contribution is 2.16. The van der Waals surface area contributed by atoms with Crippen molar-refractivity contribution in [3.05, 3.63) is 35.4 Å². The first-order valence-corrected chi connectivity index (χ1v) is 6.50. The first-order chi connectivity index (χ1) is 5.83.